The van der Waals surface area contributed by atoms with Crippen molar-refractivity contribution in [1.29, 1.82) is 10.8 Å². The van der Waals surface area contributed by atoms with Crippen LogP contribution in [-0.4, -0.2) is 32.6 Å². The van der Waals surface area contributed by atoms with Crippen molar-refractivity contribution in [2.24, 2.45) is 0 Å². The predicted molar refractivity (Wildman–Crippen MR) is 103 cm³/mol. The molecule has 0 aliphatic carbocycles. The van der Waals surface area contributed by atoms with Crippen LogP contribution in [0.4, 0.5) is 21.6 Å². The van der Waals surface area contributed by atoms with Gasteiger partial charge in [0.25, 0.3) is 0 Å². The highest BCUT2D eigenvalue weighted by molar-refractivity contribution is 5.61. The summed E-state index contributed by atoms with van der Waals surface area (Å²) < 4.78 is 49.6. The molecule has 0 atom stereocenters. The molecule has 0 fully saturated rings. The largest absolute Gasteiger partial charge is 0.352 e. The Morgan fingerprint density at radius 1 is 1.36 bits per heavy atom. The number of hydrogen-bond acceptors (Lipinski definition) is 7. The lowest BCUT2D eigenvalue weighted by Crippen LogP contribution is -2.34. The van der Waals surface area contributed by atoms with Crippen molar-refractivity contribution >= 4 is 23.5 Å². The third-order valence-corrected chi connectivity index (χ3v) is 4.15. The first kappa shape index (κ1) is 13.5. The Hall–Kier alpha value is -3.62. The van der Waals surface area contributed by atoms with Crippen LogP contribution in [0.1, 0.15) is 22.3 Å². The van der Waals surface area contributed by atoms with Crippen molar-refractivity contribution in [1.82, 2.24) is 19.7 Å². The zero-order valence-electron chi connectivity index (χ0n) is 18.9. The van der Waals surface area contributed by atoms with Gasteiger partial charge in [-0.3, -0.25) is 20.8 Å². The maximum Gasteiger partial charge on any atom is 0.164 e. The van der Waals surface area contributed by atoms with Crippen LogP contribution in [0.3, 0.4) is 0 Å². The number of aryl methyl sites for hydroxylation is 2. The predicted octanol–water partition coefficient (Wildman–Crippen LogP) is 2.36. The molecule has 28 heavy (non-hydrogen) atoms. The Morgan fingerprint density at radius 2 is 2.21 bits per heavy atom. The van der Waals surface area contributed by atoms with Crippen LogP contribution < -0.4 is 15.7 Å². The zero-order chi connectivity index (χ0) is 23.3. The van der Waals surface area contributed by atoms with Crippen molar-refractivity contribution in [2.75, 3.05) is 16.7 Å². The Labute approximate surface area is 166 Å². The molecule has 3 N–H and O–H groups in total. The van der Waals surface area contributed by atoms with Crippen molar-refractivity contribution in [2.45, 2.75) is 19.8 Å². The molecule has 4 heterocycles. The first-order chi connectivity index (χ1) is 15.0. The monoisotopic (exact) mass is 382 g/mol. The molecule has 0 saturated carbocycles. The molecule has 8 nitrogen and oxygen atoms in total. The average molecular weight is 382 g/mol. The minimum atomic E-state index is -2.39. The maximum atomic E-state index is 14.0. The number of pyridine rings is 2. The maximum absolute atomic E-state index is 14.0. The van der Waals surface area contributed by atoms with Crippen molar-refractivity contribution in [3.8, 4) is 0 Å². The summed E-state index contributed by atoms with van der Waals surface area (Å²) in [7, 11) is 0. The summed E-state index contributed by atoms with van der Waals surface area (Å²) in [5.74, 6) is -0.624. The van der Waals surface area contributed by atoms with Gasteiger partial charge < -0.3 is 10.2 Å². The Balaban J connectivity index is 1.83. The summed E-state index contributed by atoms with van der Waals surface area (Å²) in [6, 6.07) is 4.28. The minimum absolute atomic E-state index is 0.0382. The standard InChI is InChI=1S/C19H19FN8/c1-12-6-18(22)28(11-21)26-19(12)27-5-3-16-13(10-27)7-14(8-24-16)25-17-2-4-23-9-15(17)20/h2,4,6-9,11,21-22H,3,5,10H2,1H3,(H,23,25)/i5D2,10D2. The van der Waals surface area contributed by atoms with E-state index in [9.17, 15) is 4.39 Å². The molecule has 142 valence electrons. The highest BCUT2D eigenvalue weighted by atomic mass is 19.1. The highest BCUT2D eigenvalue weighted by Crippen LogP contribution is 2.27. The summed E-state index contributed by atoms with van der Waals surface area (Å²) in [6.07, 6.45) is 4.42. The van der Waals surface area contributed by atoms with Crippen molar-refractivity contribution < 1.29 is 9.87 Å². The molecule has 0 amide bonds. The zero-order valence-corrected chi connectivity index (χ0v) is 14.9. The molecular weight excluding hydrogens is 359 g/mol. The van der Waals surface area contributed by atoms with Crippen LogP contribution in [0.25, 0.3) is 0 Å². The fraction of sp³-hybridized carbons (Fsp3) is 0.211. The quantitative estimate of drug-likeness (QED) is 0.474. The van der Waals surface area contributed by atoms with Crippen LogP contribution in [0.15, 0.2) is 36.8 Å². The average Bonchev–Trinajstić information content (AvgIpc) is 2.71. The molecule has 0 unspecified atom stereocenters. The minimum Gasteiger partial charge on any atom is -0.352 e. The molecule has 0 aromatic carbocycles. The SMILES string of the molecule is [2H]C1([2H])Cc2ncc(Nc3ccncc3F)cc2C([2H])([2H])N1c1nn(C=N)c(=N)cc1C. The van der Waals surface area contributed by atoms with E-state index in [1.165, 1.54) is 30.6 Å². The van der Waals surface area contributed by atoms with Crippen molar-refractivity contribution in [3.63, 3.8) is 0 Å². The molecule has 3 aromatic heterocycles. The van der Waals surface area contributed by atoms with Gasteiger partial charge in [-0.2, -0.15) is 0 Å². The highest BCUT2D eigenvalue weighted by Gasteiger charge is 2.21. The number of rotatable bonds is 4. The van der Waals surface area contributed by atoms with Crippen LogP contribution >= 0.6 is 0 Å². The van der Waals surface area contributed by atoms with Gasteiger partial charge in [-0.05, 0) is 36.2 Å². The lowest BCUT2D eigenvalue weighted by Gasteiger charge is -2.30. The first-order valence-corrected chi connectivity index (χ1v) is 8.36. The molecule has 9 heteroatoms. The summed E-state index contributed by atoms with van der Waals surface area (Å²) in [5, 5.41) is 22.3. The molecule has 4 rings (SSSR count). The van der Waals surface area contributed by atoms with Gasteiger partial charge in [-0.15, -0.1) is 5.10 Å². The Kier molecular flexibility index (Phi) is 3.47. The molecule has 1 aliphatic heterocycles. The molecule has 0 spiro atoms. The Bertz CT molecular complexity index is 1280. The van der Waals surface area contributed by atoms with Crippen LogP contribution in [0, 0.1) is 23.6 Å². The smallest absolute Gasteiger partial charge is 0.164 e. The topological polar surface area (TPSA) is 107 Å². The number of nitrogens with zero attached hydrogens (tertiary/aromatic N) is 5. The van der Waals surface area contributed by atoms with Gasteiger partial charge in [0.05, 0.1) is 26.5 Å². The van der Waals surface area contributed by atoms with E-state index in [0.717, 1.165) is 22.1 Å². The van der Waals surface area contributed by atoms with Gasteiger partial charge in [-0.1, -0.05) is 0 Å². The van der Waals surface area contributed by atoms with Gasteiger partial charge in [0.2, 0.25) is 0 Å². The van der Waals surface area contributed by atoms with Crippen LogP contribution in [0.2, 0.25) is 0 Å². The van der Waals surface area contributed by atoms with E-state index in [2.05, 4.69) is 20.4 Å². The molecule has 0 saturated heterocycles. The number of nitrogens with one attached hydrogen (secondary N) is 3. The van der Waals surface area contributed by atoms with E-state index < -0.39 is 18.8 Å². The molecule has 3 aromatic rings. The second-order valence-corrected chi connectivity index (χ2v) is 6.09. The van der Waals surface area contributed by atoms with E-state index in [4.69, 9.17) is 16.3 Å². The third kappa shape index (κ3) is 3.34. The van der Waals surface area contributed by atoms with Crippen LogP contribution in [-0.2, 0) is 12.9 Å². The van der Waals surface area contributed by atoms with Crippen molar-refractivity contribution in [3.05, 3.63) is 64.9 Å². The summed E-state index contributed by atoms with van der Waals surface area (Å²) in [4.78, 5) is 8.82. The van der Waals surface area contributed by atoms with E-state index in [-0.39, 0.29) is 34.7 Å². The Morgan fingerprint density at radius 3 is 3.00 bits per heavy atom. The van der Waals surface area contributed by atoms with E-state index in [1.54, 1.807) is 6.92 Å². The lowest BCUT2D eigenvalue weighted by atomic mass is 10.0. The van der Waals surface area contributed by atoms with E-state index in [0.29, 0.717) is 11.3 Å². The summed E-state index contributed by atoms with van der Waals surface area (Å²) in [6.45, 7) is -2.99. The number of fused-ring (bicyclic) bond motifs is 1. The number of hydrogen-bond donors (Lipinski definition) is 3. The molecular formula is C19H19FN8. The number of anilines is 3. The first-order valence-electron chi connectivity index (χ1n) is 10.4. The molecule has 1 aliphatic rings. The fourth-order valence-electron chi connectivity index (χ4n) is 2.76. The summed E-state index contributed by atoms with van der Waals surface area (Å²) in [5.41, 5.74) is 1.08. The van der Waals surface area contributed by atoms with Crippen LogP contribution in [0.5, 0.6) is 0 Å². The third-order valence-electron chi connectivity index (χ3n) is 4.15. The molecule has 0 bridgehead atoms. The normalized spacial score (nSPS) is 18.9. The van der Waals surface area contributed by atoms with Gasteiger partial charge in [0.15, 0.2) is 11.6 Å². The van der Waals surface area contributed by atoms with E-state index >= 15 is 0 Å². The molecule has 0 radical (unpaired) electrons. The van der Waals surface area contributed by atoms with Gasteiger partial charge in [0.1, 0.15) is 11.8 Å². The second-order valence-electron chi connectivity index (χ2n) is 6.09. The van der Waals surface area contributed by atoms with Gasteiger partial charge >= 0.3 is 0 Å². The van der Waals surface area contributed by atoms with Gasteiger partial charge in [-0.25, -0.2) is 9.07 Å². The van der Waals surface area contributed by atoms with E-state index in [1.807, 2.05) is 0 Å². The van der Waals surface area contributed by atoms with Gasteiger partial charge in [0, 0.05) is 34.0 Å². The number of halogens is 1. The lowest BCUT2D eigenvalue weighted by molar-refractivity contribution is 0.625. The number of aromatic nitrogens is 4. The summed E-state index contributed by atoms with van der Waals surface area (Å²) >= 11 is 0. The fourth-order valence-corrected chi connectivity index (χ4v) is 2.76. The second kappa shape index (κ2) is 7.18.